The zero-order valence-electron chi connectivity index (χ0n) is 9.51. The molecule has 0 aliphatic heterocycles. The molecule has 7 nitrogen and oxygen atoms in total. The molecule has 0 radical (unpaired) electrons. The van der Waals surface area contributed by atoms with Crippen LogP contribution in [0.15, 0.2) is 23.0 Å². The van der Waals surface area contributed by atoms with Crippen molar-refractivity contribution in [2.24, 2.45) is 0 Å². The van der Waals surface area contributed by atoms with E-state index in [2.05, 4.69) is 9.47 Å². The standard InChI is InChI=1S/C10H12O7/c1-5(8(11)12)4-6(10(15)17-3)7(16-2)9(13)14/h4H,1-3H3,(H,11,12)(H,13,14). The molecule has 0 fully saturated rings. The van der Waals surface area contributed by atoms with Crippen molar-refractivity contribution in [2.45, 2.75) is 6.92 Å². The van der Waals surface area contributed by atoms with Gasteiger partial charge in [0.05, 0.1) is 14.2 Å². The molecule has 0 amide bonds. The van der Waals surface area contributed by atoms with Crippen LogP contribution < -0.4 is 0 Å². The van der Waals surface area contributed by atoms with Gasteiger partial charge in [0.2, 0.25) is 5.76 Å². The van der Waals surface area contributed by atoms with Gasteiger partial charge >= 0.3 is 17.9 Å². The lowest BCUT2D eigenvalue weighted by Crippen LogP contribution is -2.14. The second kappa shape index (κ2) is 6.31. The van der Waals surface area contributed by atoms with Crippen LogP contribution in [0.1, 0.15) is 6.92 Å². The molecular weight excluding hydrogens is 232 g/mol. The van der Waals surface area contributed by atoms with Crippen molar-refractivity contribution in [1.82, 2.24) is 0 Å². The van der Waals surface area contributed by atoms with Crippen LogP contribution in [-0.4, -0.2) is 42.3 Å². The largest absolute Gasteiger partial charge is 0.489 e. The molecule has 94 valence electrons. The van der Waals surface area contributed by atoms with Crippen molar-refractivity contribution in [3.63, 3.8) is 0 Å². The Kier molecular flexibility index (Phi) is 5.45. The van der Waals surface area contributed by atoms with E-state index in [-0.39, 0.29) is 5.57 Å². The van der Waals surface area contributed by atoms with E-state index in [0.29, 0.717) is 0 Å². The number of rotatable bonds is 5. The number of hydrogen-bond acceptors (Lipinski definition) is 5. The van der Waals surface area contributed by atoms with Gasteiger partial charge in [0.25, 0.3) is 0 Å². The first-order valence-electron chi connectivity index (χ1n) is 4.36. The van der Waals surface area contributed by atoms with Crippen molar-refractivity contribution >= 4 is 17.9 Å². The Bertz CT molecular complexity index is 403. The molecule has 0 spiro atoms. The quantitative estimate of drug-likeness (QED) is 0.307. The minimum Gasteiger partial charge on any atom is -0.489 e. The molecular formula is C10H12O7. The summed E-state index contributed by atoms with van der Waals surface area (Å²) in [6, 6.07) is 0. The molecule has 0 aromatic heterocycles. The van der Waals surface area contributed by atoms with Crippen LogP contribution >= 0.6 is 0 Å². The Morgan fingerprint density at radius 1 is 1.00 bits per heavy atom. The fraction of sp³-hybridized carbons (Fsp3) is 0.300. The molecule has 0 aromatic rings. The molecule has 0 bridgehead atoms. The maximum Gasteiger partial charge on any atom is 0.372 e. The lowest BCUT2D eigenvalue weighted by molar-refractivity contribution is -0.139. The van der Waals surface area contributed by atoms with Gasteiger partial charge in [-0.05, 0) is 13.0 Å². The van der Waals surface area contributed by atoms with Crippen molar-refractivity contribution in [2.75, 3.05) is 14.2 Å². The molecule has 0 aliphatic carbocycles. The topological polar surface area (TPSA) is 110 Å². The first kappa shape index (κ1) is 14.7. The molecule has 0 heterocycles. The van der Waals surface area contributed by atoms with Gasteiger partial charge in [-0.2, -0.15) is 0 Å². The summed E-state index contributed by atoms with van der Waals surface area (Å²) in [7, 11) is 2.09. The number of carbonyl (C=O) groups is 3. The van der Waals surface area contributed by atoms with Crippen LogP contribution in [0, 0.1) is 0 Å². The molecule has 0 saturated carbocycles. The maximum atomic E-state index is 11.3. The number of hydrogen-bond donors (Lipinski definition) is 2. The Morgan fingerprint density at radius 2 is 1.53 bits per heavy atom. The highest BCUT2D eigenvalue weighted by Gasteiger charge is 2.21. The summed E-state index contributed by atoms with van der Waals surface area (Å²) in [6.45, 7) is 1.21. The minimum atomic E-state index is -1.50. The van der Waals surface area contributed by atoms with E-state index in [1.165, 1.54) is 6.92 Å². The summed E-state index contributed by atoms with van der Waals surface area (Å²) < 4.78 is 8.87. The van der Waals surface area contributed by atoms with Gasteiger partial charge in [-0.25, -0.2) is 14.4 Å². The predicted molar refractivity (Wildman–Crippen MR) is 55.1 cm³/mol. The van der Waals surface area contributed by atoms with Gasteiger partial charge in [0, 0.05) is 5.57 Å². The van der Waals surface area contributed by atoms with E-state index in [1.807, 2.05) is 0 Å². The van der Waals surface area contributed by atoms with Crippen LogP contribution in [0.5, 0.6) is 0 Å². The van der Waals surface area contributed by atoms with Crippen molar-refractivity contribution < 1.29 is 34.1 Å². The third-order valence-electron chi connectivity index (χ3n) is 1.75. The highest BCUT2D eigenvalue weighted by molar-refractivity contribution is 6.02. The lowest BCUT2D eigenvalue weighted by Gasteiger charge is -2.06. The normalized spacial score (nSPS) is 12.5. The summed E-state index contributed by atoms with van der Waals surface area (Å²) in [4.78, 5) is 32.7. The molecule has 0 atom stereocenters. The van der Waals surface area contributed by atoms with Gasteiger partial charge in [-0.3, -0.25) is 0 Å². The van der Waals surface area contributed by atoms with Crippen LogP contribution in [-0.2, 0) is 23.9 Å². The number of methoxy groups -OCH3 is 2. The van der Waals surface area contributed by atoms with E-state index in [0.717, 1.165) is 20.3 Å². The van der Waals surface area contributed by atoms with Gasteiger partial charge in [0.15, 0.2) is 0 Å². The summed E-state index contributed by atoms with van der Waals surface area (Å²) in [5.74, 6) is -4.46. The number of ether oxygens (including phenoxy) is 2. The summed E-state index contributed by atoms with van der Waals surface area (Å²) in [6.07, 6.45) is 0.876. The third kappa shape index (κ3) is 3.98. The fourth-order valence-corrected chi connectivity index (χ4v) is 0.918. The molecule has 0 saturated heterocycles. The second-order valence-electron chi connectivity index (χ2n) is 2.88. The van der Waals surface area contributed by atoms with E-state index in [9.17, 15) is 14.4 Å². The van der Waals surface area contributed by atoms with Crippen LogP contribution in [0.4, 0.5) is 0 Å². The van der Waals surface area contributed by atoms with E-state index in [4.69, 9.17) is 10.2 Å². The van der Waals surface area contributed by atoms with Crippen molar-refractivity contribution in [3.8, 4) is 0 Å². The van der Waals surface area contributed by atoms with Gasteiger partial charge in [-0.1, -0.05) is 0 Å². The van der Waals surface area contributed by atoms with Gasteiger partial charge in [-0.15, -0.1) is 0 Å². The number of carboxylic acids is 2. The zero-order valence-corrected chi connectivity index (χ0v) is 9.51. The molecule has 7 heteroatoms. The van der Waals surface area contributed by atoms with E-state index in [1.54, 1.807) is 0 Å². The summed E-state index contributed by atoms with van der Waals surface area (Å²) in [5.41, 5.74) is -0.691. The van der Waals surface area contributed by atoms with Gasteiger partial charge in [0.1, 0.15) is 5.57 Å². The molecule has 0 rings (SSSR count). The molecule has 0 aliphatic rings. The summed E-state index contributed by atoms with van der Waals surface area (Å²) >= 11 is 0. The van der Waals surface area contributed by atoms with Crippen LogP contribution in [0.2, 0.25) is 0 Å². The van der Waals surface area contributed by atoms with Crippen LogP contribution in [0.3, 0.4) is 0 Å². The fourth-order valence-electron chi connectivity index (χ4n) is 0.918. The SMILES string of the molecule is COC(=O)C(C=C(C)C(=O)O)=C(OC)C(=O)O. The third-order valence-corrected chi connectivity index (χ3v) is 1.75. The summed E-state index contributed by atoms with van der Waals surface area (Å²) in [5, 5.41) is 17.4. The highest BCUT2D eigenvalue weighted by Crippen LogP contribution is 2.12. The Labute approximate surface area is 96.9 Å². The number of carbonyl (C=O) groups excluding carboxylic acids is 1. The monoisotopic (exact) mass is 244 g/mol. The van der Waals surface area contributed by atoms with E-state index >= 15 is 0 Å². The first-order valence-corrected chi connectivity index (χ1v) is 4.36. The lowest BCUT2D eigenvalue weighted by atomic mass is 10.1. The molecule has 17 heavy (non-hydrogen) atoms. The Balaban J connectivity index is 5.74. The Morgan fingerprint density at radius 3 is 1.82 bits per heavy atom. The smallest absolute Gasteiger partial charge is 0.372 e. The minimum absolute atomic E-state index is 0.221. The Hall–Kier alpha value is -2.31. The van der Waals surface area contributed by atoms with E-state index < -0.39 is 29.2 Å². The molecule has 0 aromatic carbocycles. The molecule has 0 unspecified atom stereocenters. The van der Waals surface area contributed by atoms with Crippen LogP contribution in [0.25, 0.3) is 0 Å². The number of carboxylic acid groups (broad SMARTS) is 2. The molecule has 2 N–H and O–H groups in total. The van der Waals surface area contributed by atoms with Gasteiger partial charge < -0.3 is 19.7 Å². The zero-order chi connectivity index (χ0) is 13.6. The van der Waals surface area contributed by atoms with Crippen molar-refractivity contribution in [1.29, 1.82) is 0 Å². The van der Waals surface area contributed by atoms with Crippen molar-refractivity contribution in [3.05, 3.63) is 23.0 Å². The highest BCUT2D eigenvalue weighted by atomic mass is 16.5. The average Bonchev–Trinajstić information content (AvgIpc) is 2.26. The maximum absolute atomic E-state index is 11.3. The number of aliphatic carboxylic acids is 2. The second-order valence-corrected chi connectivity index (χ2v) is 2.88. The predicted octanol–water partition coefficient (Wildman–Crippen LogP) is 0.175. The first-order chi connectivity index (χ1) is 7.84. The average molecular weight is 244 g/mol. The number of esters is 1.